The number of carbonyl (C=O) groups is 1. The number of rotatable bonds is 6. The lowest BCUT2D eigenvalue weighted by Crippen LogP contribution is -2.34. The van der Waals surface area contributed by atoms with Crippen LogP contribution in [0, 0.1) is 0 Å². The molecule has 8 heteroatoms. The maximum absolute atomic E-state index is 11.4. The van der Waals surface area contributed by atoms with Gasteiger partial charge in [-0.05, 0) is 29.3 Å². The van der Waals surface area contributed by atoms with Crippen molar-refractivity contribution in [2.45, 2.75) is 6.04 Å². The van der Waals surface area contributed by atoms with Crippen LogP contribution in [0.2, 0.25) is 10.0 Å². The zero-order valence-electron chi connectivity index (χ0n) is 9.31. The van der Waals surface area contributed by atoms with Crippen molar-refractivity contribution >= 4 is 29.1 Å². The average Bonchev–Trinajstić information content (AvgIpc) is 2.27. The summed E-state index contributed by atoms with van der Waals surface area (Å²) in [5, 5.41) is 7.05. The molecule has 1 rings (SSSR count). The molecule has 0 aliphatic heterocycles. The molecule has 6 nitrogen and oxygen atoms in total. The third-order valence-corrected chi connectivity index (χ3v) is 2.56. The molecule has 96 valence electrons. The Labute approximate surface area is 114 Å². The molecular formula is C10H11Cl2N5O. The number of halogens is 2. The first kappa shape index (κ1) is 14.6. The molecule has 1 unspecified atom stereocenters. The highest BCUT2D eigenvalue weighted by Gasteiger charge is 2.17. The average molecular weight is 288 g/mol. The van der Waals surface area contributed by atoms with E-state index in [2.05, 4.69) is 15.3 Å². The van der Waals surface area contributed by atoms with E-state index in [0.29, 0.717) is 22.2 Å². The molecule has 0 radical (unpaired) electrons. The van der Waals surface area contributed by atoms with Crippen LogP contribution in [-0.2, 0) is 4.79 Å². The van der Waals surface area contributed by atoms with Crippen LogP contribution in [-0.4, -0.2) is 19.0 Å². The van der Waals surface area contributed by atoms with Crippen molar-refractivity contribution < 1.29 is 4.79 Å². The fraction of sp³-hybridized carbons (Fsp3) is 0.300. The molecule has 0 aliphatic rings. The molecule has 1 aromatic carbocycles. The molecule has 1 amide bonds. The van der Waals surface area contributed by atoms with E-state index in [1.165, 1.54) is 0 Å². The van der Waals surface area contributed by atoms with Gasteiger partial charge >= 0.3 is 0 Å². The molecule has 18 heavy (non-hydrogen) atoms. The van der Waals surface area contributed by atoms with Crippen LogP contribution in [0.1, 0.15) is 11.6 Å². The Kier molecular flexibility index (Phi) is 5.74. The normalized spacial score (nSPS) is 11.7. The van der Waals surface area contributed by atoms with Gasteiger partial charge in [-0.2, -0.15) is 0 Å². The van der Waals surface area contributed by atoms with E-state index in [1.807, 2.05) is 0 Å². The van der Waals surface area contributed by atoms with Crippen molar-refractivity contribution in [2.75, 3.05) is 13.1 Å². The predicted octanol–water partition coefficient (Wildman–Crippen LogP) is 2.42. The molecule has 0 aromatic heterocycles. The van der Waals surface area contributed by atoms with Gasteiger partial charge in [0, 0.05) is 28.0 Å². The highest BCUT2D eigenvalue weighted by molar-refractivity contribution is 6.34. The van der Waals surface area contributed by atoms with E-state index >= 15 is 0 Å². The van der Waals surface area contributed by atoms with Crippen LogP contribution in [0.5, 0.6) is 0 Å². The Morgan fingerprint density at radius 2 is 2.06 bits per heavy atom. The summed E-state index contributed by atoms with van der Waals surface area (Å²) in [5.74, 6) is -0.561. The molecule has 0 fully saturated rings. The van der Waals surface area contributed by atoms with Gasteiger partial charge in [-0.1, -0.05) is 28.3 Å². The van der Waals surface area contributed by atoms with Gasteiger partial charge in [0.25, 0.3) is 0 Å². The van der Waals surface area contributed by atoms with Crippen molar-refractivity contribution in [2.24, 2.45) is 10.8 Å². The number of hydrogen-bond donors (Lipinski definition) is 2. The van der Waals surface area contributed by atoms with Gasteiger partial charge in [-0.25, -0.2) is 0 Å². The molecule has 0 heterocycles. The van der Waals surface area contributed by atoms with Crippen molar-refractivity contribution in [1.29, 1.82) is 0 Å². The van der Waals surface area contributed by atoms with E-state index in [0.717, 1.165) is 0 Å². The molecule has 1 aromatic rings. The highest BCUT2D eigenvalue weighted by atomic mass is 35.5. The first-order valence-electron chi connectivity index (χ1n) is 5.04. The lowest BCUT2D eigenvalue weighted by atomic mass is 10.1. The number of nitrogens with one attached hydrogen (secondary N) is 1. The SMILES string of the molecule is [N-]=[N+]=NCCNC(C(N)=O)c1cc(Cl)cc(Cl)c1. The zero-order chi connectivity index (χ0) is 13.5. The summed E-state index contributed by atoms with van der Waals surface area (Å²) in [6, 6.07) is 4.03. The molecular weight excluding hydrogens is 277 g/mol. The monoisotopic (exact) mass is 287 g/mol. The highest BCUT2D eigenvalue weighted by Crippen LogP contribution is 2.23. The molecule has 1 atom stereocenters. The van der Waals surface area contributed by atoms with E-state index in [9.17, 15) is 4.79 Å². The number of benzene rings is 1. The number of amides is 1. The molecule has 0 saturated heterocycles. The summed E-state index contributed by atoms with van der Waals surface area (Å²) < 4.78 is 0. The largest absolute Gasteiger partial charge is 0.368 e. The number of carbonyl (C=O) groups excluding carboxylic acids is 1. The van der Waals surface area contributed by atoms with Crippen LogP contribution in [0.15, 0.2) is 23.3 Å². The number of nitrogens with two attached hydrogens (primary N) is 1. The van der Waals surface area contributed by atoms with Crippen LogP contribution < -0.4 is 11.1 Å². The fourth-order valence-electron chi connectivity index (χ4n) is 1.43. The molecule has 3 N–H and O–H groups in total. The van der Waals surface area contributed by atoms with Gasteiger partial charge in [-0.15, -0.1) is 0 Å². The number of hydrogen-bond acceptors (Lipinski definition) is 3. The Morgan fingerprint density at radius 1 is 1.44 bits per heavy atom. The van der Waals surface area contributed by atoms with Crippen molar-refractivity contribution in [3.8, 4) is 0 Å². The Morgan fingerprint density at radius 3 is 2.56 bits per heavy atom. The first-order chi connectivity index (χ1) is 8.54. The third-order valence-electron chi connectivity index (χ3n) is 2.13. The molecule has 0 saturated carbocycles. The van der Waals surface area contributed by atoms with E-state index in [1.54, 1.807) is 18.2 Å². The molecule has 0 spiro atoms. The van der Waals surface area contributed by atoms with Crippen molar-refractivity contribution in [3.05, 3.63) is 44.3 Å². The lowest BCUT2D eigenvalue weighted by molar-refractivity contribution is -0.120. The summed E-state index contributed by atoms with van der Waals surface area (Å²) in [6.07, 6.45) is 0. The van der Waals surface area contributed by atoms with E-state index in [-0.39, 0.29) is 6.54 Å². The van der Waals surface area contributed by atoms with Crippen LogP contribution in [0.4, 0.5) is 0 Å². The van der Waals surface area contributed by atoms with Gasteiger partial charge in [-0.3, -0.25) is 4.79 Å². The number of primary amides is 1. The minimum Gasteiger partial charge on any atom is -0.368 e. The van der Waals surface area contributed by atoms with Gasteiger partial charge in [0.15, 0.2) is 0 Å². The summed E-state index contributed by atoms with van der Waals surface area (Å²) in [4.78, 5) is 14.0. The minimum atomic E-state index is -0.727. The fourth-order valence-corrected chi connectivity index (χ4v) is 1.97. The summed E-state index contributed by atoms with van der Waals surface area (Å²) in [6.45, 7) is 0.538. The van der Waals surface area contributed by atoms with Crippen molar-refractivity contribution in [1.82, 2.24) is 5.32 Å². The topological polar surface area (TPSA) is 104 Å². The predicted molar refractivity (Wildman–Crippen MR) is 70.4 cm³/mol. The van der Waals surface area contributed by atoms with Crippen molar-refractivity contribution in [3.63, 3.8) is 0 Å². The number of nitrogens with zero attached hydrogens (tertiary/aromatic N) is 3. The smallest absolute Gasteiger partial charge is 0.239 e. The Bertz CT molecular complexity index is 467. The quantitative estimate of drug-likeness (QED) is 0.363. The van der Waals surface area contributed by atoms with Crippen LogP contribution in [0.25, 0.3) is 10.4 Å². The summed E-state index contributed by atoms with van der Waals surface area (Å²) in [5.41, 5.74) is 14.0. The van der Waals surface area contributed by atoms with E-state index in [4.69, 9.17) is 34.5 Å². The van der Waals surface area contributed by atoms with E-state index < -0.39 is 11.9 Å². The van der Waals surface area contributed by atoms with Crippen LogP contribution in [0.3, 0.4) is 0 Å². The molecule has 0 bridgehead atoms. The summed E-state index contributed by atoms with van der Waals surface area (Å²) in [7, 11) is 0. The Balaban J connectivity index is 2.83. The van der Waals surface area contributed by atoms with Gasteiger partial charge in [0.1, 0.15) is 6.04 Å². The standard InChI is InChI=1S/C10H11Cl2N5O/c11-7-3-6(4-8(12)5-7)9(10(13)18)15-1-2-16-17-14/h3-5,9,15H,1-2H2,(H2,13,18). The van der Waals surface area contributed by atoms with Gasteiger partial charge < -0.3 is 11.1 Å². The maximum Gasteiger partial charge on any atom is 0.239 e. The second-order valence-corrected chi connectivity index (χ2v) is 4.32. The third kappa shape index (κ3) is 4.43. The number of azide groups is 1. The van der Waals surface area contributed by atoms with Gasteiger partial charge in [0.05, 0.1) is 0 Å². The Hall–Kier alpha value is -1.46. The minimum absolute atomic E-state index is 0.217. The van der Waals surface area contributed by atoms with Gasteiger partial charge in [0.2, 0.25) is 5.91 Å². The first-order valence-corrected chi connectivity index (χ1v) is 5.79. The molecule has 0 aliphatic carbocycles. The second kappa shape index (κ2) is 7.08. The van der Waals surface area contributed by atoms with Crippen LogP contribution >= 0.6 is 23.2 Å². The lowest BCUT2D eigenvalue weighted by Gasteiger charge is -2.15. The summed E-state index contributed by atoms with van der Waals surface area (Å²) >= 11 is 11.7. The zero-order valence-corrected chi connectivity index (χ0v) is 10.8. The maximum atomic E-state index is 11.4. The second-order valence-electron chi connectivity index (χ2n) is 3.45.